The molecule has 0 amide bonds. The van der Waals surface area contributed by atoms with Crippen molar-refractivity contribution in [2.75, 3.05) is 0 Å². The van der Waals surface area contributed by atoms with Crippen molar-refractivity contribution >= 4 is 60.2 Å². The van der Waals surface area contributed by atoms with E-state index in [0.717, 1.165) is 50.1 Å². The van der Waals surface area contributed by atoms with Gasteiger partial charge in [-0.1, -0.05) is 42.5 Å². The monoisotopic (exact) mass is 501 g/mol. The van der Waals surface area contributed by atoms with E-state index in [1.54, 1.807) is 0 Å². The molecule has 0 spiro atoms. The van der Waals surface area contributed by atoms with Crippen LogP contribution in [0.4, 0.5) is 0 Å². The number of ether oxygens (including phenoxy) is 1. The number of fused-ring (bicyclic) bond motifs is 9. The Bertz CT molecular complexity index is 2330. The van der Waals surface area contributed by atoms with Crippen molar-refractivity contribution in [2.45, 2.75) is 0 Å². The van der Waals surface area contributed by atoms with Crippen LogP contribution in [0.3, 0.4) is 0 Å². The molecule has 0 saturated heterocycles. The van der Waals surface area contributed by atoms with Gasteiger partial charge >= 0.3 is 0 Å². The lowest BCUT2D eigenvalue weighted by molar-refractivity contribution is 0.463. The van der Waals surface area contributed by atoms with Crippen LogP contribution in [-0.2, 0) is 0 Å². The van der Waals surface area contributed by atoms with E-state index in [0.29, 0.717) is 5.88 Å². The van der Waals surface area contributed by atoms with Crippen molar-refractivity contribution in [1.29, 1.82) is 0 Å². The van der Waals surface area contributed by atoms with Crippen LogP contribution in [0.25, 0.3) is 66.0 Å². The van der Waals surface area contributed by atoms with E-state index in [1.165, 1.54) is 21.7 Å². The highest BCUT2D eigenvalue weighted by Gasteiger charge is 2.18. The average Bonchev–Trinajstić information content (AvgIpc) is 3.62. The van der Waals surface area contributed by atoms with Crippen LogP contribution in [0, 0.1) is 0 Å². The summed E-state index contributed by atoms with van der Waals surface area (Å²) >= 11 is 0. The van der Waals surface area contributed by atoms with Crippen LogP contribution in [0.1, 0.15) is 0 Å². The first-order chi connectivity index (χ1) is 19.3. The van der Waals surface area contributed by atoms with Gasteiger partial charge in [-0.3, -0.25) is 8.97 Å². The molecule has 0 unspecified atom stereocenters. The van der Waals surface area contributed by atoms with Gasteiger partial charge in [-0.05, 0) is 48.5 Å². The number of rotatable bonds is 3. The SMILES string of the molecule is c1cc(Oc2ccc3c4cccc5c6cccnc6n(c3c2)c45)nc(-n2c3ccccc3c3cccnc32)c1. The van der Waals surface area contributed by atoms with Gasteiger partial charge in [-0.2, -0.15) is 4.98 Å². The number of para-hydroxylation sites is 2. The summed E-state index contributed by atoms with van der Waals surface area (Å²) in [6.45, 7) is 0. The Balaban J connectivity index is 1.20. The zero-order valence-electron chi connectivity index (χ0n) is 20.6. The molecule has 9 aromatic rings. The lowest BCUT2D eigenvalue weighted by Gasteiger charge is -2.09. The summed E-state index contributed by atoms with van der Waals surface area (Å²) in [6, 6.07) is 35.0. The van der Waals surface area contributed by atoms with Gasteiger partial charge in [0, 0.05) is 56.8 Å². The summed E-state index contributed by atoms with van der Waals surface area (Å²) in [7, 11) is 0. The Morgan fingerprint density at radius 3 is 2.13 bits per heavy atom. The summed E-state index contributed by atoms with van der Waals surface area (Å²) in [6.07, 6.45) is 3.67. The lowest BCUT2D eigenvalue weighted by Crippen LogP contribution is -1.99. The summed E-state index contributed by atoms with van der Waals surface area (Å²) in [5.41, 5.74) is 5.14. The van der Waals surface area contributed by atoms with E-state index in [1.807, 2.05) is 54.9 Å². The highest BCUT2D eigenvalue weighted by Crippen LogP contribution is 2.39. The van der Waals surface area contributed by atoms with Gasteiger partial charge in [0.1, 0.15) is 22.9 Å². The van der Waals surface area contributed by atoms with Crippen molar-refractivity contribution in [2.24, 2.45) is 0 Å². The first-order valence-corrected chi connectivity index (χ1v) is 12.9. The number of pyridine rings is 3. The first-order valence-electron chi connectivity index (χ1n) is 12.9. The molecule has 0 aliphatic heterocycles. The summed E-state index contributed by atoms with van der Waals surface area (Å²) < 4.78 is 10.7. The fourth-order valence-corrected chi connectivity index (χ4v) is 6.07. The predicted molar refractivity (Wildman–Crippen MR) is 155 cm³/mol. The smallest absolute Gasteiger partial charge is 0.221 e. The van der Waals surface area contributed by atoms with E-state index < -0.39 is 0 Å². The normalized spacial score (nSPS) is 12.1. The van der Waals surface area contributed by atoms with E-state index in [2.05, 4.69) is 74.6 Å². The molecule has 0 radical (unpaired) electrons. The molecule has 6 aromatic heterocycles. The second kappa shape index (κ2) is 7.52. The Labute approximate surface area is 221 Å². The molecule has 6 heterocycles. The Hall–Kier alpha value is -5.49. The fraction of sp³-hybridized carbons (Fsp3) is 0. The van der Waals surface area contributed by atoms with Crippen LogP contribution < -0.4 is 4.74 Å². The number of hydrogen-bond acceptors (Lipinski definition) is 4. The van der Waals surface area contributed by atoms with Gasteiger partial charge in [-0.15, -0.1) is 0 Å². The fourth-order valence-electron chi connectivity index (χ4n) is 6.07. The summed E-state index contributed by atoms with van der Waals surface area (Å²) in [5.74, 6) is 2.00. The molecular formula is C33H19N5O. The molecule has 9 rings (SSSR count). The zero-order chi connectivity index (χ0) is 25.5. The highest BCUT2D eigenvalue weighted by atomic mass is 16.5. The quantitative estimate of drug-likeness (QED) is 0.247. The van der Waals surface area contributed by atoms with Crippen molar-refractivity contribution in [3.05, 3.63) is 116 Å². The minimum Gasteiger partial charge on any atom is -0.439 e. The van der Waals surface area contributed by atoms with E-state index in [4.69, 9.17) is 14.7 Å². The second-order valence-electron chi connectivity index (χ2n) is 9.75. The molecule has 0 fully saturated rings. The molecule has 0 aliphatic carbocycles. The number of aromatic nitrogens is 5. The topological polar surface area (TPSA) is 57.2 Å². The van der Waals surface area contributed by atoms with Crippen LogP contribution in [0.2, 0.25) is 0 Å². The van der Waals surface area contributed by atoms with Crippen LogP contribution in [0.5, 0.6) is 11.6 Å². The van der Waals surface area contributed by atoms with E-state index in [9.17, 15) is 0 Å². The Morgan fingerprint density at radius 2 is 1.23 bits per heavy atom. The third-order valence-corrected chi connectivity index (χ3v) is 7.64. The van der Waals surface area contributed by atoms with Crippen LogP contribution >= 0.6 is 0 Å². The second-order valence-corrected chi connectivity index (χ2v) is 9.75. The molecule has 0 saturated carbocycles. The molecule has 0 bridgehead atoms. The molecule has 0 aliphatic rings. The maximum atomic E-state index is 6.37. The minimum absolute atomic E-state index is 0.519. The van der Waals surface area contributed by atoms with Gasteiger partial charge < -0.3 is 4.74 Å². The molecule has 3 aromatic carbocycles. The van der Waals surface area contributed by atoms with Gasteiger partial charge in [0.2, 0.25) is 5.88 Å². The average molecular weight is 502 g/mol. The highest BCUT2D eigenvalue weighted by molar-refractivity contribution is 6.22. The van der Waals surface area contributed by atoms with Gasteiger partial charge in [0.05, 0.1) is 16.6 Å². The number of hydrogen-bond donors (Lipinski definition) is 0. The maximum Gasteiger partial charge on any atom is 0.221 e. The van der Waals surface area contributed by atoms with Gasteiger partial charge in [0.25, 0.3) is 0 Å². The Kier molecular flexibility index (Phi) is 3.96. The number of benzene rings is 3. The van der Waals surface area contributed by atoms with Gasteiger partial charge in [0.15, 0.2) is 0 Å². The minimum atomic E-state index is 0.519. The molecule has 0 atom stereocenters. The van der Waals surface area contributed by atoms with Crippen molar-refractivity contribution in [3.63, 3.8) is 0 Å². The molecular weight excluding hydrogens is 482 g/mol. The zero-order valence-corrected chi connectivity index (χ0v) is 20.6. The summed E-state index contributed by atoms with van der Waals surface area (Å²) in [5, 5.41) is 6.99. The lowest BCUT2D eigenvalue weighted by atomic mass is 10.1. The summed E-state index contributed by atoms with van der Waals surface area (Å²) in [4.78, 5) is 14.3. The molecule has 6 heteroatoms. The van der Waals surface area contributed by atoms with Crippen LogP contribution in [0.15, 0.2) is 116 Å². The Morgan fingerprint density at radius 1 is 0.538 bits per heavy atom. The molecule has 0 N–H and O–H groups in total. The van der Waals surface area contributed by atoms with Crippen molar-refractivity contribution in [3.8, 4) is 17.4 Å². The standard InChI is InChI=1S/C33H19N5O/c1-2-12-27-21(7-1)25-10-5-17-34-32(25)37(27)29-13-4-14-30(36-29)39-20-15-16-22-23-8-3-9-24-26-11-6-18-35-33(26)38(31(23)24)28(22)19-20/h1-19H. The van der Waals surface area contributed by atoms with Crippen molar-refractivity contribution in [1.82, 2.24) is 23.9 Å². The molecule has 39 heavy (non-hydrogen) atoms. The maximum absolute atomic E-state index is 6.37. The third-order valence-electron chi connectivity index (χ3n) is 7.64. The molecule has 6 nitrogen and oxygen atoms in total. The van der Waals surface area contributed by atoms with E-state index >= 15 is 0 Å². The number of nitrogens with zero attached hydrogens (tertiary/aromatic N) is 5. The first kappa shape index (κ1) is 20.6. The predicted octanol–water partition coefficient (Wildman–Crippen LogP) is 7.91. The van der Waals surface area contributed by atoms with Gasteiger partial charge in [-0.25, -0.2) is 9.97 Å². The van der Waals surface area contributed by atoms with Crippen LogP contribution in [-0.4, -0.2) is 23.9 Å². The third kappa shape index (κ3) is 2.77. The van der Waals surface area contributed by atoms with E-state index in [-0.39, 0.29) is 0 Å². The van der Waals surface area contributed by atoms with Crippen molar-refractivity contribution < 1.29 is 4.74 Å². The molecule has 182 valence electrons. The largest absolute Gasteiger partial charge is 0.439 e.